The zero-order chi connectivity index (χ0) is 14.8. The van der Waals surface area contributed by atoms with Gasteiger partial charge in [-0.2, -0.15) is 0 Å². The second kappa shape index (κ2) is 5.04. The predicted octanol–water partition coefficient (Wildman–Crippen LogP) is 0.688. The minimum absolute atomic E-state index is 0.0130. The van der Waals surface area contributed by atoms with Gasteiger partial charge in [0.25, 0.3) is 5.56 Å². The third kappa shape index (κ3) is 2.20. The lowest BCUT2D eigenvalue weighted by molar-refractivity contribution is 0.433. The Bertz CT molecular complexity index is 814. The molecule has 2 aromatic heterocycles. The Hall–Kier alpha value is -3.22. The van der Waals surface area contributed by atoms with Crippen molar-refractivity contribution < 1.29 is 5.11 Å². The quantitative estimate of drug-likeness (QED) is 0.720. The summed E-state index contributed by atoms with van der Waals surface area (Å²) < 4.78 is 0.948. The Morgan fingerprint density at radius 1 is 1.05 bits per heavy atom. The fourth-order valence-electron chi connectivity index (χ4n) is 2.04. The molecule has 0 saturated heterocycles. The predicted molar refractivity (Wildman–Crippen MR) is 75.4 cm³/mol. The molecule has 104 valence electrons. The highest BCUT2D eigenvalue weighted by Gasteiger charge is 2.17. The Morgan fingerprint density at radius 3 is 2.38 bits per heavy atom. The molecule has 3 rings (SSSR count). The number of aromatic amines is 1. The highest BCUT2D eigenvalue weighted by atomic mass is 16.3. The molecule has 2 N–H and O–H groups in total. The van der Waals surface area contributed by atoms with Crippen molar-refractivity contribution in [2.45, 2.75) is 0 Å². The van der Waals surface area contributed by atoms with Crippen molar-refractivity contribution in [3.63, 3.8) is 0 Å². The molecule has 0 aliphatic carbocycles. The maximum Gasteiger partial charge on any atom is 0.335 e. The smallest absolute Gasteiger partial charge is 0.335 e. The maximum absolute atomic E-state index is 12.0. The molecule has 0 bridgehead atoms. The number of benzene rings is 1. The van der Waals surface area contributed by atoms with E-state index in [0.29, 0.717) is 5.56 Å². The minimum Gasteiger partial charge on any atom is -0.494 e. The molecule has 0 amide bonds. The normalized spacial score (nSPS) is 10.5. The summed E-state index contributed by atoms with van der Waals surface area (Å²) in [5.41, 5.74) is -0.641. The highest BCUT2D eigenvalue weighted by molar-refractivity contribution is 5.67. The second-order valence-corrected chi connectivity index (χ2v) is 4.26. The van der Waals surface area contributed by atoms with Crippen molar-refractivity contribution >= 4 is 0 Å². The van der Waals surface area contributed by atoms with Gasteiger partial charge in [-0.05, 0) is 5.56 Å². The summed E-state index contributed by atoms with van der Waals surface area (Å²) in [6, 6.07) is 8.58. The third-order valence-electron chi connectivity index (χ3n) is 2.95. The molecule has 0 saturated carbocycles. The Labute approximate surface area is 118 Å². The monoisotopic (exact) mass is 282 g/mol. The van der Waals surface area contributed by atoms with Crippen LogP contribution in [0.3, 0.4) is 0 Å². The van der Waals surface area contributed by atoms with E-state index in [2.05, 4.69) is 15.0 Å². The molecular formula is C14H10N4O3. The first kappa shape index (κ1) is 12.8. The summed E-state index contributed by atoms with van der Waals surface area (Å²) in [6.07, 6.45) is 4.03. The van der Waals surface area contributed by atoms with Gasteiger partial charge in [0.2, 0.25) is 5.88 Å². The zero-order valence-electron chi connectivity index (χ0n) is 10.7. The topological polar surface area (TPSA) is 101 Å². The molecule has 0 fully saturated rings. The van der Waals surface area contributed by atoms with Crippen LogP contribution in [0.4, 0.5) is 0 Å². The van der Waals surface area contributed by atoms with Crippen LogP contribution in [0.25, 0.3) is 16.8 Å². The van der Waals surface area contributed by atoms with Gasteiger partial charge in [-0.15, -0.1) is 0 Å². The molecule has 1 aromatic carbocycles. The SMILES string of the molecule is O=c1[nH]c(=O)n(-c2cncnc2)c(O)c1-c1ccccc1. The van der Waals surface area contributed by atoms with Crippen molar-refractivity contribution in [2.75, 3.05) is 0 Å². The lowest BCUT2D eigenvalue weighted by Gasteiger charge is -2.10. The van der Waals surface area contributed by atoms with Gasteiger partial charge in [-0.3, -0.25) is 9.78 Å². The van der Waals surface area contributed by atoms with Gasteiger partial charge in [-0.25, -0.2) is 19.3 Å². The molecular weight excluding hydrogens is 272 g/mol. The average molecular weight is 282 g/mol. The van der Waals surface area contributed by atoms with Crippen LogP contribution >= 0.6 is 0 Å². The minimum atomic E-state index is -0.757. The molecule has 21 heavy (non-hydrogen) atoms. The van der Waals surface area contributed by atoms with Crippen LogP contribution in [0.2, 0.25) is 0 Å². The van der Waals surface area contributed by atoms with Gasteiger partial charge in [0.1, 0.15) is 11.9 Å². The summed E-state index contributed by atoms with van der Waals surface area (Å²) in [6.45, 7) is 0. The fraction of sp³-hybridized carbons (Fsp3) is 0. The third-order valence-corrected chi connectivity index (χ3v) is 2.95. The van der Waals surface area contributed by atoms with E-state index in [9.17, 15) is 14.7 Å². The fourth-order valence-corrected chi connectivity index (χ4v) is 2.04. The van der Waals surface area contributed by atoms with Crippen molar-refractivity contribution in [3.8, 4) is 22.7 Å². The maximum atomic E-state index is 12.0. The lowest BCUT2D eigenvalue weighted by Crippen LogP contribution is -2.30. The summed E-state index contributed by atoms with van der Waals surface area (Å²) in [4.78, 5) is 33.7. The van der Waals surface area contributed by atoms with Crippen molar-refractivity contribution in [1.29, 1.82) is 0 Å². The average Bonchev–Trinajstić information content (AvgIpc) is 2.49. The molecule has 2 heterocycles. The van der Waals surface area contributed by atoms with Gasteiger partial charge < -0.3 is 5.11 Å². The van der Waals surface area contributed by atoms with E-state index in [1.807, 2.05) is 0 Å². The standard InChI is InChI=1S/C14H10N4O3/c19-12-11(9-4-2-1-3-5-9)13(20)18(14(21)17-12)10-6-15-8-16-7-10/h1-8,20H,(H,17,19,21). The number of rotatable bonds is 2. The van der Waals surface area contributed by atoms with Gasteiger partial charge in [0, 0.05) is 0 Å². The number of hydrogen-bond acceptors (Lipinski definition) is 5. The van der Waals surface area contributed by atoms with Crippen LogP contribution in [0.5, 0.6) is 5.88 Å². The lowest BCUT2D eigenvalue weighted by atomic mass is 10.1. The van der Waals surface area contributed by atoms with Crippen LogP contribution < -0.4 is 11.2 Å². The van der Waals surface area contributed by atoms with Gasteiger partial charge in [0.05, 0.1) is 18.1 Å². The summed E-state index contributed by atoms with van der Waals surface area (Å²) in [5, 5.41) is 10.3. The largest absolute Gasteiger partial charge is 0.494 e. The van der Waals surface area contributed by atoms with E-state index < -0.39 is 17.1 Å². The zero-order valence-corrected chi connectivity index (χ0v) is 10.7. The summed E-state index contributed by atoms with van der Waals surface area (Å²) in [7, 11) is 0. The molecule has 0 radical (unpaired) electrons. The number of aromatic nitrogens is 4. The number of H-pyrrole nitrogens is 1. The van der Waals surface area contributed by atoms with E-state index >= 15 is 0 Å². The van der Waals surface area contributed by atoms with Gasteiger partial charge in [-0.1, -0.05) is 30.3 Å². The molecule has 7 nitrogen and oxygen atoms in total. The molecule has 7 heteroatoms. The van der Waals surface area contributed by atoms with Gasteiger partial charge >= 0.3 is 5.69 Å². The van der Waals surface area contributed by atoms with Gasteiger partial charge in [0.15, 0.2) is 0 Å². The van der Waals surface area contributed by atoms with Crippen molar-refractivity contribution in [3.05, 3.63) is 69.9 Å². The first-order chi connectivity index (χ1) is 10.2. The number of nitrogens with one attached hydrogen (secondary N) is 1. The van der Waals surface area contributed by atoms with Crippen LogP contribution in [0, 0.1) is 0 Å². The van der Waals surface area contributed by atoms with Crippen LogP contribution in [-0.4, -0.2) is 24.6 Å². The van der Waals surface area contributed by atoms with Crippen molar-refractivity contribution in [1.82, 2.24) is 19.5 Å². The van der Waals surface area contributed by atoms with E-state index in [1.54, 1.807) is 30.3 Å². The first-order valence-corrected chi connectivity index (χ1v) is 6.07. The Morgan fingerprint density at radius 2 is 1.71 bits per heavy atom. The van der Waals surface area contributed by atoms with E-state index in [1.165, 1.54) is 18.7 Å². The van der Waals surface area contributed by atoms with Crippen LogP contribution in [0.1, 0.15) is 0 Å². The molecule has 0 aliphatic rings. The molecule has 0 aliphatic heterocycles. The molecule has 0 unspecified atom stereocenters. The molecule has 0 spiro atoms. The highest BCUT2D eigenvalue weighted by Crippen LogP contribution is 2.25. The summed E-state index contributed by atoms with van der Waals surface area (Å²) in [5.74, 6) is -0.454. The molecule has 3 aromatic rings. The number of aromatic hydroxyl groups is 1. The summed E-state index contributed by atoms with van der Waals surface area (Å²) >= 11 is 0. The van der Waals surface area contributed by atoms with Crippen molar-refractivity contribution in [2.24, 2.45) is 0 Å². The van der Waals surface area contributed by atoms with Crippen LogP contribution in [0.15, 0.2) is 58.6 Å². The number of hydrogen-bond donors (Lipinski definition) is 2. The number of nitrogens with zero attached hydrogens (tertiary/aromatic N) is 3. The van der Waals surface area contributed by atoms with E-state index in [4.69, 9.17) is 0 Å². The molecule has 0 atom stereocenters. The van der Waals surface area contributed by atoms with E-state index in [0.717, 1.165) is 4.57 Å². The first-order valence-electron chi connectivity index (χ1n) is 6.07. The Kier molecular flexibility index (Phi) is 3.07. The van der Waals surface area contributed by atoms with Crippen LogP contribution in [-0.2, 0) is 0 Å². The second-order valence-electron chi connectivity index (χ2n) is 4.26. The Balaban J connectivity index is 2.34. The van der Waals surface area contributed by atoms with E-state index in [-0.39, 0.29) is 11.3 Å².